The fourth-order valence-electron chi connectivity index (χ4n) is 4.80. The van der Waals surface area contributed by atoms with Crippen LogP contribution in [0.3, 0.4) is 0 Å². The van der Waals surface area contributed by atoms with E-state index < -0.39 is 0 Å². The van der Waals surface area contributed by atoms with Crippen LogP contribution >= 0.6 is 24.8 Å². The van der Waals surface area contributed by atoms with E-state index in [-0.39, 0.29) is 35.8 Å². The molecule has 0 amide bonds. The Balaban J connectivity index is 0.00000193. The highest BCUT2D eigenvalue weighted by Crippen LogP contribution is 2.42. The van der Waals surface area contributed by atoms with Gasteiger partial charge in [-0.05, 0) is 49.4 Å². The van der Waals surface area contributed by atoms with E-state index in [1.807, 2.05) is 0 Å². The lowest BCUT2D eigenvalue weighted by Crippen LogP contribution is -2.51. The first-order valence-corrected chi connectivity index (χ1v) is 11.3. The predicted octanol–water partition coefficient (Wildman–Crippen LogP) is 6.61. The molecule has 1 aliphatic rings. The highest BCUT2D eigenvalue weighted by molar-refractivity contribution is 5.85. The van der Waals surface area contributed by atoms with Gasteiger partial charge in [0.15, 0.2) is 0 Å². The lowest BCUT2D eigenvalue weighted by molar-refractivity contribution is 0.328. The zero-order valence-corrected chi connectivity index (χ0v) is 21.4. The summed E-state index contributed by atoms with van der Waals surface area (Å²) in [4.78, 5) is 0. The van der Waals surface area contributed by atoms with E-state index in [0.29, 0.717) is 6.04 Å². The van der Waals surface area contributed by atoms with Gasteiger partial charge in [0.05, 0.1) is 0 Å². The molecule has 0 heterocycles. The van der Waals surface area contributed by atoms with E-state index in [0.717, 1.165) is 19.5 Å². The third-order valence-electron chi connectivity index (χ3n) is 6.45. The van der Waals surface area contributed by atoms with Crippen molar-refractivity contribution in [1.29, 1.82) is 0 Å². The standard InChI is InChI=1S/C29H34N2.2ClH/c1-23-12-10-11-13-24(23)21-30-22-28(2,3)31-27-18-19-29(20-27,25-14-6-4-7-15-25)26-16-8-5-9-17-26;;/h4-19,27,30-31H,20-22H2,1-3H3;2*1H. The lowest BCUT2D eigenvalue weighted by Gasteiger charge is -2.34. The maximum absolute atomic E-state index is 3.90. The topological polar surface area (TPSA) is 24.1 Å². The van der Waals surface area contributed by atoms with Gasteiger partial charge in [-0.25, -0.2) is 0 Å². The Kier molecular flexibility index (Phi) is 9.75. The summed E-state index contributed by atoms with van der Waals surface area (Å²) in [5.74, 6) is 0. The second kappa shape index (κ2) is 11.9. The van der Waals surface area contributed by atoms with Crippen LogP contribution in [0.1, 0.15) is 42.5 Å². The number of hydrogen-bond acceptors (Lipinski definition) is 2. The van der Waals surface area contributed by atoms with Crippen LogP contribution in [0.15, 0.2) is 97.1 Å². The lowest BCUT2D eigenvalue weighted by atomic mass is 9.73. The quantitative estimate of drug-likeness (QED) is 0.352. The number of nitrogens with one attached hydrogen (secondary N) is 2. The first-order chi connectivity index (χ1) is 15.0. The van der Waals surface area contributed by atoms with E-state index >= 15 is 0 Å². The Bertz CT molecular complexity index is 977. The van der Waals surface area contributed by atoms with E-state index in [1.54, 1.807) is 0 Å². The second-order valence-electron chi connectivity index (χ2n) is 9.43. The summed E-state index contributed by atoms with van der Waals surface area (Å²) in [5.41, 5.74) is 5.34. The first kappa shape index (κ1) is 27.1. The number of hydrogen-bond donors (Lipinski definition) is 2. The molecule has 0 aromatic heterocycles. The van der Waals surface area contributed by atoms with Gasteiger partial charge < -0.3 is 10.6 Å². The molecular weight excluding hydrogens is 447 g/mol. The van der Waals surface area contributed by atoms with Crippen molar-refractivity contribution in [2.24, 2.45) is 0 Å². The number of benzene rings is 3. The average molecular weight is 484 g/mol. The number of rotatable bonds is 8. The summed E-state index contributed by atoms with van der Waals surface area (Å²) in [7, 11) is 0. The van der Waals surface area contributed by atoms with Gasteiger partial charge in [-0.1, -0.05) is 97.1 Å². The molecule has 2 N–H and O–H groups in total. The SMILES string of the molecule is Cc1ccccc1CNCC(C)(C)NC1C=CC(c2ccccc2)(c2ccccc2)C1.Cl.Cl. The maximum atomic E-state index is 3.90. The van der Waals surface area contributed by atoms with E-state index in [2.05, 4.69) is 128 Å². The number of aryl methyl sites for hydroxylation is 1. The normalized spacial score (nSPS) is 16.6. The van der Waals surface area contributed by atoms with Crippen molar-refractivity contribution in [1.82, 2.24) is 10.6 Å². The molecule has 3 aromatic carbocycles. The van der Waals surface area contributed by atoms with Crippen LogP contribution in [-0.2, 0) is 12.0 Å². The maximum Gasteiger partial charge on any atom is 0.0400 e. The van der Waals surface area contributed by atoms with Gasteiger partial charge >= 0.3 is 0 Å². The molecular formula is C29H36Cl2N2. The summed E-state index contributed by atoms with van der Waals surface area (Å²) in [5, 5.41) is 7.56. The number of allylic oxidation sites excluding steroid dienone is 1. The largest absolute Gasteiger partial charge is 0.311 e. The van der Waals surface area contributed by atoms with Crippen molar-refractivity contribution in [3.8, 4) is 0 Å². The number of halogens is 2. The van der Waals surface area contributed by atoms with Crippen LogP contribution in [0, 0.1) is 6.92 Å². The van der Waals surface area contributed by atoms with Crippen molar-refractivity contribution in [2.75, 3.05) is 6.54 Å². The molecule has 4 heteroatoms. The van der Waals surface area contributed by atoms with Gasteiger partial charge in [-0.3, -0.25) is 0 Å². The van der Waals surface area contributed by atoms with Crippen LogP contribution < -0.4 is 10.6 Å². The summed E-state index contributed by atoms with van der Waals surface area (Å²) in [6, 6.07) is 30.7. The van der Waals surface area contributed by atoms with E-state index in [4.69, 9.17) is 0 Å². The van der Waals surface area contributed by atoms with Gasteiger partial charge in [-0.15, -0.1) is 24.8 Å². The molecule has 4 rings (SSSR count). The van der Waals surface area contributed by atoms with Gasteiger partial charge in [0, 0.05) is 30.1 Å². The summed E-state index contributed by atoms with van der Waals surface area (Å²) in [6.07, 6.45) is 5.80. The minimum atomic E-state index is -0.0785. The van der Waals surface area contributed by atoms with Crippen molar-refractivity contribution in [3.05, 3.63) is 119 Å². The summed E-state index contributed by atoms with van der Waals surface area (Å²) in [6.45, 7) is 8.57. The third kappa shape index (κ3) is 6.49. The Morgan fingerprint density at radius 1 is 0.818 bits per heavy atom. The van der Waals surface area contributed by atoms with Crippen molar-refractivity contribution < 1.29 is 0 Å². The van der Waals surface area contributed by atoms with E-state index in [9.17, 15) is 0 Å². The summed E-state index contributed by atoms with van der Waals surface area (Å²) < 4.78 is 0. The molecule has 2 nitrogen and oxygen atoms in total. The molecule has 1 aliphatic carbocycles. The molecule has 3 aromatic rings. The molecule has 1 atom stereocenters. The molecule has 0 spiro atoms. The van der Waals surface area contributed by atoms with Gasteiger partial charge in [-0.2, -0.15) is 0 Å². The Labute approximate surface area is 211 Å². The Morgan fingerprint density at radius 2 is 1.36 bits per heavy atom. The van der Waals surface area contributed by atoms with Crippen molar-refractivity contribution in [3.63, 3.8) is 0 Å². The predicted molar refractivity (Wildman–Crippen MR) is 146 cm³/mol. The van der Waals surface area contributed by atoms with Gasteiger partial charge in [0.25, 0.3) is 0 Å². The zero-order chi connectivity index (χ0) is 21.7. The molecule has 0 saturated carbocycles. The zero-order valence-electron chi connectivity index (χ0n) is 19.8. The first-order valence-electron chi connectivity index (χ1n) is 11.3. The minimum absolute atomic E-state index is 0. The van der Waals surface area contributed by atoms with Gasteiger partial charge in [0.2, 0.25) is 0 Å². The third-order valence-corrected chi connectivity index (χ3v) is 6.45. The van der Waals surface area contributed by atoms with Crippen LogP contribution in [-0.4, -0.2) is 18.1 Å². The fraction of sp³-hybridized carbons (Fsp3) is 0.310. The van der Waals surface area contributed by atoms with Crippen LogP contribution in [0.2, 0.25) is 0 Å². The highest BCUT2D eigenvalue weighted by atomic mass is 35.5. The van der Waals surface area contributed by atoms with Crippen LogP contribution in [0.5, 0.6) is 0 Å². The van der Waals surface area contributed by atoms with Crippen LogP contribution in [0.4, 0.5) is 0 Å². The van der Waals surface area contributed by atoms with Gasteiger partial charge in [0.1, 0.15) is 0 Å². The molecule has 0 bridgehead atoms. The average Bonchev–Trinajstić information content (AvgIpc) is 3.20. The second-order valence-corrected chi connectivity index (χ2v) is 9.43. The van der Waals surface area contributed by atoms with Crippen LogP contribution in [0.25, 0.3) is 0 Å². The molecule has 0 aliphatic heterocycles. The Morgan fingerprint density at radius 3 is 1.94 bits per heavy atom. The fourth-order valence-corrected chi connectivity index (χ4v) is 4.80. The molecule has 1 unspecified atom stereocenters. The molecule has 0 radical (unpaired) electrons. The monoisotopic (exact) mass is 482 g/mol. The Hall–Kier alpha value is -2.10. The molecule has 33 heavy (non-hydrogen) atoms. The molecule has 0 saturated heterocycles. The molecule has 0 fully saturated rings. The molecule has 176 valence electrons. The smallest absolute Gasteiger partial charge is 0.0400 e. The minimum Gasteiger partial charge on any atom is -0.311 e. The van der Waals surface area contributed by atoms with E-state index in [1.165, 1.54) is 22.3 Å². The van der Waals surface area contributed by atoms with Crippen molar-refractivity contribution >= 4 is 24.8 Å². The summed E-state index contributed by atoms with van der Waals surface area (Å²) >= 11 is 0. The highest BCUT2D eigenvalue weighted by Gasteiger charge is 2.39. The van der Waals surface area contributed by atoms with Crippen molar-refractivity contribution in [2.45, 2.75) is 50.7 Å².